The van der Waals surface area contributed by atoms with Crippen LogP contribution in [0.1, 0.15) is 40.6 Å². The number of amides is 1. The number of sulfone groups is 1. The second-order valence-electron chi connectivity index (χ2n) is 11.6. The lowest BCUT2D eigenvalue weighted by atomic mass is 10.1. The largest absolute Gasteiger partial charge is 0.420 e. The Hall–Kier alpha value is -3.27. The summed E-state index contributed by atoms with van der Waals surface area (Å²) in [5.74, 6) is -0.926. The molecular weight excluding hydrogens is 617 g/mol. The lowest BCUT2D eigenvalue weighted by molar-refractivity contribution is -0.137. The van der Waals surface area contributed by atoms with Gasteiger partial charge in [-0.2, -0.15) is 13.2 Å². The highest BCUT2D eigenvalue weighted by molar-refractivity contribution is 7.91. The summed E-state index contributed by atoms with van der Waals surface area (Å²) < 4.78 is 74.0. The Bertz CT molecular complexity index is 1710. The minimum atomic E-state index is -4.81. The minimum Gasteiger partial charge on any atom is -0.377 e. The Morgan fingerprint density at radius 1 is 1.16 bits per heavy atom. The number of aromatic nitrogens is 2. The zero-order chi connectivity index (χ0) is 30.8. The third kappa shape index (κ3) is 5.33. The van der Waals surface area contributed by atoms with Crippen molar-refractivity contribution < 1.29 is 31.1 Å². The highest BCUT2D eigenvalue weighted by Gasteiger charge is 2.41. The van der Waals surface area contributed by atoms with Gasteiger partial charge in [0.25, 0.3) is 5.91 Å². The van der Waals surface area contributed by atoms with Crippen molar-refractivity contribution in [3.8, 4) is 10.6 Å². The number of fused-ring (bicyclic) bond motifs is 3. The molecule has 2 bridgehead atoms. The van der Waals surface area contributed by atoms with E-state index in [1.165, 1.54) is 4.90 Å². The fraction of sp³-hybridized carbons (Fsp3) is 0.483. The number of anilines is 3. The van der Waals surface area contributed by atoms with Crippen LogP contribution >= 0.6 is 11.3 Å². The topological polar surface area (TPSA) is 117 Å². The van der Waals surface area contributed by atoms with E-state index in [0.717, 1.165) is 43.2 Å². The SMILES string of the molecule is CCc1cc(N2C[C@H]3CC[C@@H](C2)N3)ccc1Nc1ncc(C(F)(F)F)c(-c2cc3c(s2)C(=O)N(C2COC2)CCS3(=O)=O)n1. The van der Waals surface area contributed by atoms with Crippen LogP contribution in [0, 0.1) is 0 Å². The average molecular weight is 649 g/mol. The Balaban J connectivity index is 1.23. The standard InChI is InChI=1S/C29H31F3N6O4S2/c1-2-16-9-19(37-12-17-3-4-18(13-37)34-17)5-6-22(16)35-28-33-11-21(29(30,31)32)25(36-28)23-10-24-26(43-23)27(39)38(20-14-42-15-20)7-8-44(24,40)41/h5-6,9-11,17-18,20,34H,2-4,7-8,12-15H2,1H3,(H,33,35,36)/t17-,18+. The third-order valence-corrected chi connectivity index (χ3v) is 11.7. The van der Waals surface area contributed by atoms with Gasteiger partial charge in [0.05, 0.1) is 40.5 Å². The molecule has 2 atom stereocenters. The molecule has 1 aromatic carbocycles. The van der Waals surface area contributed by atoms with Gasteiger partial charge < -0.3 is 25.2 Å². The van der Waals surface area contributed by atoms with Crippen LogP contribution < -0.4 is 15.5 Å². The normalized spacial score (nSPS) is 23.3. The van der Waals surface area contributed by atoms with Crippen molar-refractivity contribution in [3.63, 3.8) is 0 Å². The van der Waals surface area contributed by atoms with Gasteiger partial charge in [0.15, 0.2) is 9.84 Å². The van der Waals surface area contributed by atoms with Crippen LogP contribution in [0.5, 0.6) is 0 Å². The first-order valence-electron chi connectivity index (χ1n) is 14.6. The predicted molar refractivity (Wildman–Crippen MR) is 159 cm³/mol. The first kappa shape index (κ1) is 29.4. The quantitative estimate of drug-likeness (QED) is 0.408. The molecule has 7 rings (SSSR count). The number of nitrogens with one attached hydrogen (secondary N) is 2. The van der Waals surface area contributed by atoms with Crippen LogP contribution in [0.3, 0.4) is 0 Å². The molecule has 0 aliphatic carbocycles. The molecule has 10 nitrogen and oxygen atoms in total. The molecular formula is C29H31F3N6O4S2. The van der Waals surface area contributed by atoms with Crippen molar-refractivity contribution in [3.05, 3.63) is 46.5 Å². The highest BCUT2D eigenvalue weighted by Crippen LogP contribution is 2.42. The van der Waals surface area contributed by atoms with E-state index >= 15 is 0 Å². The number of aryl methyl sites for hydroxylation is 1. The van der Waals surface area contributed by atoms with Gasteiger partial charge in [0.2, 0.25) is 5.95 Å². The zero-order valence-corrected chi connectivity index (χ0v) is 25.5. The van der Waals surface area contributed by atoms with Crippen molar-refractivity contribution >= 4 is 44.4 Å². The first-order chi connectivity index (χ1) is 21.0. The molecule has 3 saturated heterocycles. The summed E-state index contributed by atoms with van der Waals surface area (Å²) in [4.78, 5) is 25.0. The molecule has 0 spiro atoms. The molecule has 44 heavy (non-hydrogen) atoms. The van der Waals surface area contributed by atoms with E-state index in [2.05, 4.69) is 31.6 Å². The van der Waals surface area contributed by atoms with Crippen LogP contribution in [0.25, 0.3) is 10.6 Å². The molecule has 0 radical (unpaired) electrons. The summed E-state index contributed by atoms with van der Waals surface area (Å²) in [7, 11) is -3.92. The molecule has 3 aromatic rings. The molecule has 0 unspecified atom stereocenters. The summed E-state index contributed by atoms with van der Waals surface area (Å²) in [6.45, 7) is 4.42. The van der Waals surface area contributed by atoms with Gasteiger partial charge in [0.1, 0.15) is 10.4 Å². The number of halogens is 3. The minimum absolute atomic E-state index is 0.00430. The molecule has 234 valence electrons. The summed E-state index contributed by atoms with van der Waals surface area (Å²) in [5, 5.41) is 6.71. The van der Waals surface area contributed by atoms with Crippen molar-refractivity contribution in [1.29, 1.82) is 0 Å². The molecule has 3 fully saturated rings. The molecule has 2 N–H and O–H groups in total. The fourth-order valence-electron chi connectivity index (χ4n) is 6.34. The van der Waals surface area contributed by atoms with Crippen LogP contribution in [0.15, 0.2) is 35.4 Å². The van der Waals surface area contributed by atoms with E-state index in [1.807, 2.05) is 19.1 Å². The van der Waals surface area contributed by atoms with Crippen LogP contribution in [-0.2, 0) is 27.2 Å². The second kappa shape index (κ2) is 11.0. The molecule has 2 aromatic heterocycles. The average Bonchev–Trinajstić information content (AvgIpc) is 3.55. The smallest absolute Gasteiger partial charge is 0.377 e. The third-order valence-electron chi connectivity index (χ3n) is 8.78. The van der Waals surface area contributed by atoms with Crippen molar-refractivity contribution in [2.75, 3.05) is 48.8 Å². The van der Waals surface area contributed by atoms with Gasteiger partial charge in [-0.25, -0.2) is 18.4 Å². The molecule has 4 aliphatic rings. The number of nitrogens with zero attached hydrogens (tertiary/aromatic N) is 4. The molecule has 15 heteroatoms. The number of thiophene rings is 1. The Kier molecular flexibility index (Phi) is 7.34. The lowest BCUT2D eigenvalue weighted by Gasteiger charge is -2.36. The maximum absolute atomic E-state index is 14.2. The fourth-order valence-corrected chi connectivity index (χ4v) is 9.26. The maximum atomic E-state index is 14.2. The highest BCUT2D eigenvalue weighted by atomic mass is 32.2. The zero-order valence-electron chi connectivity index (χ0n) is 23.9. The molecule has 0 saturated carbocycles. The summed E-state index contributed by atoms with van der Waals surface area (Å²) in [5.41, 5.74) is 1.11. The molecule has 1 amide bonds. The Morgan fingerprint density at radius 2 is 1.91 bits per heavy atom. The Morgan fingerprint density at radius 3 is 2.57 bits per heavy atom. The van der Waals surface area contributed by atoms with E-state index < -0.39 is 33.2 Å². The van der Waals surface area contributed by atoms with Crippen LogP contribution in [0.2, 0.25) is 0 Å². The van der Waals surface area contributed by atoms with E-state index in [-0.39, 0.29) is 52.2 Å². The number of ether oxygens (including phenoxy) is 1. The number of alkyl halides is 3. The molecule has 4 aliphatic heterocycles. The van der Waals surface area contributed by atoms with Gasteiger partial charge in [-0.3, -0.25) is 4.79 Å². The lowest BCUT2D eigenvalue weighted by Crippen LogP contribution is -2.52. The maximum Gasteiger partial charge on any atom is 0.420 e. The number of hydrogen-bond donors (Lipinski definition) is 2. The van der Waals surface area contributed by atoms with E-state index in [4.69, 9.17) is 4.74 Å². The summed E-state index contributed by atoms with van der Waals surface area (Å²) in [6, 6.07) is 7.79. The van der Waals surface area contributed by atoms with Crippen molar-refractivity contribution in [2.45, 2.75) is 55.4 Å². The number of rotatable bonds is 6. The summed E-state index contributed by atoms with van der Waals surface area (Å²) in [6.07, 6.45) is -1.12. The van der Waals surface area contributed by atoms with Crippen molar-refractivity contribution in [2.24, 2.45) is 0 Å². The van der Waals surface area contributed by atoms with Gasteiger partial charge in [-0.15, -0.1) is 11.3 Å². The number of hydrogen-bond acceptors (Lipinski definition) is 10. The van der Waals surface area contributed by atoms with Gasteiger partial charge in [-0.1, -0.05) is 6.92 Å². The van der Waals surface area contributed by atoms with E-state index in [1.54, 1.807) is 0 Å². The van der Waals surface area contributed by atoms with Gasteiger partial charge >= 0.3 is 6.18 Å². The van der Waals surface area contributed by atoms with E-state index in [9.17, 15) is 26.4 Å². The number of piperazine rings is 1. The van der Waals surface area contributed by atoms with Crippen molar-refractivity contribution in [1.82, 2.24) is 20.2 Å². The number of benzene rings is 1. The number of carbonyl (C=O) groups is 1. The predicted octanol–water partition coefficient (Wildman–Crippen LogP) is 4.10. The van der Waals surface area contributed by atoms with E-state index in [0.29, 0.717) is 41.7 Å². The van der Waals surface area contributed by atoms with Crippen LogP contribution in [0.4, 0.5) is 30.5 Å². The van der Waals surface area contributed by atoms with Gasteiger partial charge in [0, 0.05) is 49.3 Å². The monoisotopic (exact) mass is 648 g/mol. The Labute approximate surface area is 256 Å². The first-order valence-corrected chi connectivity index (χ1v) is 17.1. The molecule has 6 heterocycles. The van der Waals surface area contributed by atoms with Crippen LogP contribution in [-0.4, -0.2) is 85.9 Å². The second-order valence-corrected chi connectivity index (χ2v) is 14.8. The number of carbonyl (C=O) groups excluding carboxylic acids is 1. The van der Waals surface area contributed by atoms with Gasteiger partial charge in [-0.05, 0) is 49.1 Å². The summed E-state index contributed by atoms with van der Waals surface area (Å²) >= 11 is 0.704.